The fourth-order valence-corrected chi connectivity index (χ4v) is 2.44. The summed E-state index contributed by atoms with van der Waals surface area (Å²) in [5, 5.41) is 0. The molecule has 0 aliphatic carbocycles. The molecule has 0 radical (unpaired) electrons. The molecule has 0 aliphatic rings. The number of nitrogens with zero attached hydrogens (tertiary/aromatic N) is 2. The van der Waals surface area contributed by atoms with Crippen LogP contribution in [0, 0.1) is 0 Å². The van der Waals surface area contributed by atoms with Gasteiger partial charge in [-0.15, -0.1) is 11.8 Å². The first kappa shape index (κ1) is 11.9. The molecule has 0 unspecified atom stereocenters. The lowest BCUT2D eigenvalue weighted by molar-refractivity contribution is 0.112. The average molecular weight is 246 g/mol. The van der Waals surface area contributed by atoms with Gasteiger partial charge in [0.05, 0.1) is 6.33 Å². The number of benzene rings is 1. The summed E-state index contributed by atoms with van der Waals surface area (Å²) in [6, 6.07) is 7.63. The summed E-state index contributed by atoms with van der Waals surface area (Å²) in [6.07, 6.45) is 4.61. The molecule has 0 bridgehead atoms. The summed E-state index contributed by atoms with van der Waals surface area (Å²) in [5.74, 6) is 0.897. The van der Waals surface area contributed by atoms with E-state index in [9.17, 15) is 4.79 Å². The van der Waals surface area contributed by atoms with E-state index in [-0.39, 0.29) is 0 Å². The number of aromatic nitrogens is 2. The van der Waals surface area contributed by atoms with Crippen molar-refractivity contribution in [1.82, 2.24) is 9.55 Å². The molecule has 88 valence electrons. The Morgan fingerprint density at radius 2 is 2.12 bits per heavy atom. The Balaban J connectivity index is 1.99. The fraction of sp³-hybridized carbons (Fsp3) is 0.231. The Morgan fingerprint density at radius 1 is 1.35 bits per heavy atom. The molecule has 0 amide bonds. The number of hydrogen-bond donors (Lipinski definition) is 0. The monoisotopic (exact) mass is 246 g/mol. The van der Waals surface area contributed by atoms with Crippen molar-refractivity contribution < 1.29 is 4.79 Å². The molecule has 0 spiro atoms. The van der Waals surface area contributed by atoms with Crippen molar-refractivity contribution in [3.8, 4) is 0 Å². The predicted octanol–water partition coefficient (Wildman–Crippen LogP) is 3.01. The number of carbonyl (C=O) groups is 1. The number of thioether (sulfide) groups is 1. The lowest BCUT2D eigenvalue weighted by atomic mass is 10.2. The van der Waals surface area contributed by atoms with Crippen LogP contribution in [0.2, 0.25) is 0 Å². The van der Waals surface area contributed by atoms with Gasteiger partial charge in [0.1, 0.15) is 6.29 Å². The van der Waals surface area contributed by atoms with Crippen molar-refractivity contribution in [1.29, 1.82) is 0 Å². The molecule has 0 N–H and O–H groups in total. The fourth-order valence-electron chi connectivity index (χ4n) is 1.55. The van der Waals surface area contributed by atoms with Gasteiger partial charge in [-0.1, -0.05) is 12.1 Å². The normalized spacial score (nSPS) is 10.4. The highest BCUT2D eigenvalue weighted by atomic mass is 32.2. The quantitative estimate of drug-likeness (QED) is 0.601. The molecule has 0 aliphatic heterocycles. The summed E-state index contributed by atoms with van der Waals surface area (Å²) < 4.78 is 2.13. The zero-order valence-corrected chi connectivity index (χ0v) is 10.5. The molecule has 1 aromatic heterocycles. The van der Waals surface area contributed by atoms with Gasteiger partial charge in [0, 0.05) is 34.6 Å². The molecule has 4 heteroatoms. The first-order valence-corrected chi connectivity index (χ1v) is 6.49. The number of rotatable bonds is 5. The van der Waals surface area contributed by atoms with Gasteiger partial charge in [0.25, 0.3) is 0 Å². The van der Waals surface area contributed by atoms with E-state index in [2.05, 4.69) is 16.5 Å². The van der Waals surface area contributed by atoms with Gasteiger partial charge in [-0.3, -0.25) is 4.79 Å². The molecule has 3 nitrogen and oxygen atoms in total. The molecule has 2 aromatic rings. The Labute approximate surface area is 105 Å². The number of carbonyl (C=O) groups excluding carboxylic acids is 1. The van der Waals surface area contributed by atoms with E-state index in [1.165, 1.54) is 10.6 Å². The third-order valence-electron chi connectivity index (χ3n) is 2.54. The Hall–Kier alpha value is -1.55. The minimum atomic E-state index is 0.716. The van der Waals surface area contributed by atoms with Crippen LogP contribution in [0.1, 0.15) is 23.0 Å². The maximum absolute atomic E-state index is 10.5. The lowest BCUT2D eigenvalue weighted by Crippen LogP contribution is -1.97. The summed E-state index contributed by atoms with van der Waals surface area (Å²) in [6.45, 7) is 3.05. The zero-order chi connectivity index (χ0) is 12.1. The summed E-state index contributed by atoms with van der Waals surface area (Å²) in [4.78, 5) is 15.8. The van der Waals surface area contributed by atoms with Crippen molar-refractivity contribution in [2.45, 2.75) is 24.1 Å². The lowest BCUT2D eigenvalue weighted by Gasteiger charge is -2.05. The van der Waals surface area contributed by atoms with Gasteiger partial charge < -0.3 is 4.57 Å². The second-order valence-electron chi connectivity index (χ2n) is 3.65. The molecule has 0 atom stereocenters. The van der Waals surface area contributed by atoms with Crippen LogP contribution in [-0.2, 0) is 12.3 Å². The molecular formula is C13H14N2OS. The van der Waals surface area contributed by atoms with Gasteiger partial charge in [-0.25, -0.2) is 4.98 Å². The third-order valence-corrected chi connectivity index (χ3v) is 3.59. The molecular weight excluding hydrogens is 232 g/mol. The number of imidazole rings is 1. The van der Waals surface area contributed by atoms with E-state index in [1.807, 2.05) is 36.8 Å². The van der Waals surface area contributed by atoms with Crippen molar-refractivity contribution in [3.63, 3.8) is 0 Å². The number of aryl methyl sites for hydroxylation is 1. The summed E-state index contributed by atoms with van der Waals surface area (Å²) in [7, 11) is 0. The van der Waals surface area contributed by atoms with E-state index >= 15 is 0 Å². The Morgan fingerprint density at radius 3 is 2.76 bits per heavy atom. The standard InChI is InChI=1S/C13H14N2OS/c1-2-15-10-14-7-12(15)9-17-13-5-3-11(8-16)4-6-13/h3-8,10H,2,9H2,1H3. The van der Waals surface area contributed by atoms with Crippen molar-refractivity contribution in [3.05, 3.63) is 48.0 Å². The van der Waals surface area contributed by atoms with Crippen LogP contribution < -0.4 is 0 Å². The highest BCUT2D eigenvalue weighted by Gasteiger charge is 2.01. The van der Waals surface area contributed by atoms with Crippen LogP contribution in [-0.4, -0.2) is 15.8 Å². The maximum atomic E-state index is 10.5. The Bertz CT molecular complexity index is 490. The third kappa shape index (κ3) is 2.97. The van der Waals surface area contributed by atoms with Crippen molar-refractivity contribution >= 4 is 18.0 Å². The Kier molecular flexibility index (Phi) is 3.98. The second kappa shape index (κ2) is 5.68. The SMILES string of the molecule is CCn1cncc1CSc1ccc(C=O)cc1. The van der Waals surface area contributed by atoms with Gasteiger partial charge >= 0.3 is 0 Å². The highest BCUT2D eigenvalue weighted by molar-refractivity contribution is 7.98. The topological polar surface area (TPSA) is 34.9 Å². The molecule has 1 aromatic carbocycles. The van der Waals surface area contributed by atoms with Gasteiger partial charge in [-0.2, -0.15) is 0 Å². The number of hydrogen-bond acceptors (Lipinski definition) is 3. The smallest absolute Gasteiger partial charge is 0.150 e. The van der Waals surface area contributed by atoms with E-state index in [4.69, 9.17) is 0 Å². The van der Waals surface area contributed by atoms with Gasteiger partial charge in [-0.05, 0) is 19.1 Å². The largest absolute Gasteiger partial charge is 0.334 e. The minimum absolute atomic E-state index is 0.716. The summed E-state index contributed by atoms with van der Waals surface area (Å²) >= 11 is 1.75. The average Bonchev–Trinajstić information content (AvgIpc) is 2.84. The van der Waals surface area contributed by atoms with Crippen LogP contribution in [0.4, 0.5) is 0 Å². The number of aldehydes is 1. The minimum Gasteiger partial charge on any atom is -0.334 e. The second-order valence-corrected chi connectivity index (χ2v) is 4.70. The van der Waals surface area contributed by atoms with E-state index in [0.717, 1.165) is 18.6 Å². The molecule has 0 saturated carbocycles. The van der Waals surface area contributed by atoms with Crippen molar-refractivity contribution in [2.75, 3.05) is 0 Å². The van der Waals surface area contributed by atoms with E-state index in [0.29, 0.717) is 5.56 Å². The van der Waals surface area contributed by atoms with Crippen LogP contribution in [0.15, 0.2) is 41.7 Å². The van der Waals surface area contributed by atoms with Gasteiger partial charge in [0.2, 0.25) is 0 Å². The molecule has 0 fully saturated rings. The van der Waals surface area contributed by atoms with Crippen LogP contribution in [0.3, 0.4) is 0 Å². The molecule has 1 heterocycles. The first-order valence-electron chi connectivity index (χ1n) is 5.50. The molecule has 2 rings (SSSR count). The van der Waals surface area contributed by atoms with Crippen LogP contribution in [0.25, 0.3) is 0 Å². The summed E-state index contributed by atoms with van der Waals surface area (Å²) in [5.41, 5.74) is 1.94. The zero-order valence-electron chi connectivity index (χ0n) is 9.67. The van der Waals surface area contributed by atoms with E-state index in [1.54, 1.807) is 11.8 Å². The highest BCUT2D eigenvalue weighted by Crippen LogP contribution is 2.22. The maximum Gasteiger partial charge on any atom is 0.150 e. The molecule has 0 saturated heterocycles. The van der Waals surface area contributed by atoms with Crippen LogP contribution >= 0.6 is 11.8 Å². The van der Waals surface area contributed by atoms with E-state index < -0.39 is 0 Å². The van der Waals surface area contributed by atoms with Crippen molar-refractivity contribution in [2.24, 2.45) is 0 Å². The van der Waals surface area contributed by atoms with Crippen LogP contribution in [0.5, 0.6) is 0 Å². The van der Waals surface area contributed by atoms with Gasteiger partial charge in [0.15, 0.2) is 0 Å². The first-order chi connectivity index (χ1) is 8.33. The predicted molar refractivity (Wildman–Crippen MR) is 69.3 cm³/mol. The molecule has 17 heavy (non-hydrogen) atoms.